The Morgan fingerprint density at radius 3 is 2.65 bits per heavy atom. The zero-order chi connectivity index (χ0) is 16.6. The largest absolute Gasteiger partial charge is 0.454 e. The molecule has 0 amide bonds. The Morgan fingerprint density at radius 1 is 1.09 bits per heavy atom. The van der Waals surface area contributed by atoms with Crippen molar-refractivity contribution in [1.29, 1.82) is 0 Å². The summed E-state index contributed by atoms with van der Waals surface area (Å²) in [6.45, 7) is 3.97. The van der Waals surface area contributed by atoms with Crippen LogP contribution in [0.15, 0.2) is 30.3 Å². The molecule has 1 heterocycles. The molecule has 122 valence electrons. The maximum absolute atomic E-state index is 12.5. The van der Waals surface area contributed by atoms with Crippen molar-refractivity contribution in [3.63, 3.8) is 0 Å². The minimum absolute atomic E-state index is 0.00652. The van der Waals surface area contributed by atoms with Gasteiger partial charge in [0.1, 0.15) is 0 Å². The summed E-state index contributed by atoms with van der Waals surface area (Å²) >= 11 is 6.11. The molecule has 6 heteroatoms. The summed E-state index contributed by atoms with van der Waals surface area (Å²) in [6, 6.07) is 9.13. The van der Waals surface area contributed by atoms with Crippen LogP contribution < -0.4 is 9.47 Å². The molecule has 3 rings (SSSR count). The summed E-state index contributed by atoms with van der Waals surface area (Å²) in [4.78, 5) is 0. The third kappa shape index (κ3) is 3.62. The standard InChI is InChI=1S/C17H17ClO4S/c1-11-3-4-12(2)14(5-11)9-23(19,20)8-13-6-15(18)17-16(7-13)21-10-22-17/h3-7H,8-10H2,1-2H3. The molecule has 0 aliphatic carbocycles. The van der Waals surface area contributed by atoms with E-state index in [1.54, 1.807) is 12.1 Å². The average Bonchev–Trinajstić information content (AvgIpc) is 2.91. The molecule has 4 nitrogen and oxygen atoms in total. The maximum Gasteiger partial charge on any atom is 0.231 e. The van der Waals surface area contributed by atoms with Crippen LogP contribution in [0.1, 0.15) is 22.3 Å². The van der Waals surface area contributed by atoms with Gasteiger partial charge < -0.3 is 9.47 Å². The SMILES string of the molecule is Cc1ccc(C)c(CS(=O)(=O)Cc2cc(Cl)c3c(c2)OCO3)c1. The number of hydrogen-bond donors (Lipinski definition) is 0. The molecule has 2 aromatic rings. The quantitative estimate of drug-likeness (QED) is 0.839. The molecular weight excluding hydrogens is 336 g/mol. The van der Waals surface area contributed by atoms with Crippen LogP contribution in [0.25, 0.3) is 0 Å². The number of halogens is 1. The minimum atomic E-state index is -3.32. The topological polar surface area (TPSA) is 52.6 Å². The van der Waals surface area contributed by atoms with Crippen molar-refractivity contribution in [2.24, 2.45) is 0 Å². The summed E-state index contributed by atoms with van der Waals surface area (Å²) in [5, 5.41) is 0.372. The third-order valence-electron chi connectivity index (χ3n) is 3.75. The molecule has 0 bridgehead atoms. The van der Waals surface area contributed by atoms with Gasteiger partial charge in [-0.05, 0) is 42.7 Å². The van der Waals surface area contributed by atoms with Crippen LogP contribution in [-0.4, -0.2) is 15.2 Å². The Morgan fingerprint density at radius 2 is 1.87 bits per heavy atom. The van der Waals surface area contributed by atoms with Crippen molar-refractivity contribution >= 4 is 21.4 Å². The number of sulfone groups is 1. The van der Waals surface area contributed by atoms with Crippen LogP contribution in [0.4, 0.5) is 0 Å². The van der Waals surface area contributed by atoms with E-state index in [9.17, 15) is 8.42 Å². The van der Waals surface area contributed by atoms with E-state index in [0.717, 1.165) is 16.7 Å². The lowest BCUT2D eigenvalue weighted by atomic mass is 10.1. The van der Waals surface area contributed by atoms with Gasteiger partial charge in [0.15, 0.2) is 21.3 Å². The van der Waals surface area contributed by atoms with Crippen molar-refractivity contribution < 1.29 is 17.9 Å². The van der Waals surface area contributed by atoms with Crippen LogP contribution in [0.3, 0.4) is 0 Å². The van der Waals surface area contributed by atoms with Crippen LogP contribution in [0, 0.1) is 13.8 Å². The fourth-order valence-corrected chi connectivity index (χ4v) is 4.45. The molecule has 0 aromatic heterocycles. The van der Waals surface area contributed by atoms with Gasteiger partial charge >= 0.3 is 0 Å². The molecular formula is C17H17ClO4S. The van der Waals surface area contributed by atoms with Crippen molar-refractivity contribution in [2.45, 2.75) is 25.4 Å². The van der Waals surface area contributed by atoms with Gasteiger partial charge in [-0.2, -0.15) is 0 Å². The molecule has 0 unspecified atom stereocenters. The van der Waals surface area contributed by atoms with E-state index in [4.69, 9.17) is 21.1 Å². The molecule has 0 saturated heterocycles. The van der Waals surface area contributed by atoms with E-state index in [-0.39, 0.29) is 18.3 Å². The first kappa shape index (κ1) is 16.1. The first-order valence-electron chi connectivity index (χ1n) is 7.19. The molecule has 0 saturated carbocycles. The fourth-order valence-electron chi connectivity index (χ4n) is 2.60. The fraction of sp³-hybridized carbons (Fsp3) is 0.294. The van der Waals surface area contributed by atoms with Gasteiger partial charge in [0.2, 0.25) is 6.79 Å². The lowest BCUT2D eigenvalue weighted by molar-refractivity contribution is 0.174. The summed E-state index contributed by atoms with van der Waals surface area (Å²) in [6.07, 6.45) is 0. The van der Waals surface area contributed by atoms with E-state index in [0.29, 0.717) is 22.1 Å². The van der Waals surface area contributed by atoms with E-state index >= 15 is 0 Å². The molecule has 23 heavy (non-hydrogen) atoms. The normalized spacial score (nSPS) is 13.3. The van der Waals surface area contributed by atoms with Crippen LogP contribution in [0.2, 0.25) is 5.02 Å². The summed E-state index contributed by atoms with van der Waals surface area (Å²) in [7, 11) is -3.32. The van der Waals surface area contributed by atoms with Crippen molar-refractivity contribution in [2.75, 3.05) is 6.79 Å². The Hall–Kier alpha value is -1.72. The predicted octanol–water partition coefficient (Wildman–Crippen LogP) is 3.80. The predicted molar refractivity (Wildman–Crippen MR) is 89.8 cm³/mol. The van der Waals surface area contributed by atoms with Crippen molar-refractivity contribution in [3.05, 3.63) is 57.6 Å². The minimum Gasteiger partial charge on any atom is -0.454 e. The molecule has 0 spiro atoms. The zero-order valence-corrected chi connectivity index (χ0v) is 14.5. The van der Waals surface area contributed by atoms with Gasteiger partial charge in [-0.25, -0.2) is 8.42 Å². The highest BCUT2D eigenvalue weighted by Crippen LogP contribution is 2.40. The number of benzene rings is 2. The van der Waals surface area contributed by atoms with E-state index in [1.165, 1.54) is 0 Å². The second-order valence-electron chi connectivity index (χ2n) is 5.77. The maximum atomic E-state index is 12.5. The molecule has 1 aliphatic heterocycles. The number of hydrogen-bond acceptors (Lipinski definition) is 4. The molecule has 1 aliphatic rings. The molecule has 0 N–H and O–H groups in total. The van der Waals surface area contributed by atoms with E-state index < -0.39 is 9.84 Å². The third-order valence-corrected chi connectivity index (χ3v) is 5.56. The Labute approximate surface area is 140 Å². The van der Waals surface area contributed by atoms with Crippen LogP contribution in [-0.2, 0) is 21.3 Å². The number of aryl methyl sites for hydroxylation is 2. The first-order valence-corrected chi connectivity index (χ1v) is 9.38. The van der Waals surface area contributed by atoms with Gasteiger partial charge in [0.25, 0.3) is 0 Å². The van der Waals surface area contributed by atoms with Gasteiger partial charge in [0, 0.05) is 0 Å². The lowest BCUT2D eigenvalue weighted by Gasteiger charge is -2.09. The lowest BCUT2D eigenvalue weighted by Crippen LogP contribution is -2.09. The number of ether oxygens (including phenoxy) is 2. The number of fused-ring (bicyclic) bond motifs is 1. The van der Waals surface area contributed by atoms with Gasteiger partial charge in [0.05, 0.1) is 16.5 Å². The zero-order valence-electron chi connectivity index (χ0n) is 12.9. The summed E-state index contributed by atoms with van der Waals surface area (Å²) < 4.78 is 35.6. The van der Waals surface area contributed by atoms with E-state index in [1.807, 2.05) is 32.0 Å². The summed E-state index contributed by atoms with van der Waals surface area (Å²) in [5.74, 6) is 0.889. The smallest absolute Gasteiger partial charge is 0.231 e. The Kier molecular flexibility index (Phi) is 4.25. The average molecular weight is 353 g/mol. The van der Waals surface area contributed by atoms with Gasteiger partial charge in [-0.3, -0.25) is 0 Å². The molecule has 0 atom stereocenters. The molecule has 2 aromatic carbocycles. The molecule has 0 fully saturated rings. The van der Waals surface area contributed by atoms with Crippen LogP contribution in [0.5, 0.6) is 11.5 Å². The Bertz CT molecular complexity index is 859. The first-order chi connectivity index (χ1) is 10.8. The monoisotopic (exact) mass is 352 g/mol. The Balaban J connectivity index is 1.84. The number of rotatable bonds is 4. The summed E-state index contributed by atoms with van der Waals surface area (Å²) in [5.41, 5.74) is 3.45. The van der Waals surface area contributed by atoms with Crippen molar-refractivity contribution in [1.82, 2.24) is 0 Å². The van der Waals surface area contributed by atoms with E-state index in [2.05, 4.69) is 0 Å². The van der Waals surface area contributed by atoms with Crippen molar-refractivity contribution in [3.8, 4) is 11.5 Å². The van der Waals surface area contributed by atoms with Gasteiger partial charge in [-0.15, -0.1) is 0 Å². The second-order valence-corrected chi connectivity index (χ2v) is 8.25. The highest BCUT2D eigenvalue weighted by atomic mass is 35.5. The second kappa shape index (κ2) is 6.06. The molecule has 0 radical (unpaired) electrons. The van der Waals surface area contributed by atoms with Crippen LogP contribution >= 0.6 is 11.6 Å². The van der Waals surface area contributed by atoms with Gasteiger partial charge in [-0.1, -0.05) is 35.4 Å². The highest BCUT2D eigenvalue weighted by molar-refractivity contribution is 7.89. The highest BCUT2D eigenvalue weighted by Gasteiger charge is 2.21.